The van der Waals surface area contributed by atoms with Gasteiger partial charge < -0.3 is 52.7 Å². The van der Waals surface area contributed by atoms with Gasteiger partial charge in [0.2, 0.25) is 29.5 Å². The van der Waals surface area contributed by atoms with Gasteiger partial charge in [-0.05, 0) is 24.3 Å². The monoisotopic (exact) mass is 722 g/mol. The number of hydrogen-bond acceptors (Lipinski definition) is 11. The van der Waals surface area contributed by atoms with Crippen molar-refractivity contribution in [3.8, 4) is 0 Å². The van der Waals surface area contributed by atoms with Gasteiger partial charge in [0.25, 0.3) is 0 Å². The van der Waals surface area contributed by atoms with Crippen LogP contribution in [0.1, 0.15) is 81.6 Å². The fourth-order valence-electron chi connectivity index (χ4n) is 5.04. The Bertz CT molecular complexity index is 1330. The zero-order chi connectivity index (χ0) is 38.5. The standard InChI is InChI=1S/C34H54N6O11/c1-4-5-6-7-8-13-28(44)22-12-10-9-11-21(22)15-24(31(47)37-23(14-20(2)3)30(46)40-27(19-43)34(50)51)38-33(49)26(18-42)39-32(48)25(17-41)36-29(45)16-35/h9-12,20,23-27,41-43H,4-8,13-19,35H2,1-3H3,(H,36,45)(H,37,47)(H,38,49)(H,39,48)(H,40,46)(H,50,51)/t23-,24-,25-,26-,27-/m0/s1. The maximum absolute atomic E-state index is 13.9. The highest BCUT2D eigenvalue weighted by molar-refractivity contribution is 5.99. The van der Waals surface area contributed by atoms with Crippen LogP contribution >= 0.6 is 0 Å². The number of ketones is 1. The van der Waals surface area contributed by atoms with Gasteiger partial charge in [0.05, 0.1) is 26.4 Å². The lowest BCUT2D eigenvalue weighted by atomic mass is 9.94. The lowest BCUT2D eigenvalue weighted by molar-refractivity contribution is -0.143. The summed E-state index contributed by atoms with van der Waals surface area (Å²) in [5.41, 5.74) is 5.95. The molecular weight excluding hydrogens is 668 g/mol. The molecule has 11 N–H and O–H groups in total. The highest BCUT2D eigenvalue weighted by atomic mass is 16.4. The summed E-state index contributed by atoms with van der Waals surface area (Å²) < 4.78 is 0. The van der Waals surface area contributed by atoms with E-state index in [-0.39, 0.29) is 31.0 Å². The molecule has 5 amide bonds. The summed E-state index contributed by atoms with van der Waals surface area (Å²) in [5.74, 6) is -6.53. The van der Waals surface area contributed by atoms with Gasteiger partial charge in [0.15, 0.2) is 5.78 Å². The van der Waals surface area contributed by atoms with Gasteiger partial charge in [-0.1, -0.05) is 70.7 Å². The first kappa shape index (κ1) is 44.6. The molecule has 0 aromatic heterocycles. The van der Waals surface area contributed by atoms with Crippen molar-refractivity contribution in [2.75, 3.05) is 26.4 Å². The second-order valence-electron chi connectivity index (χ2n) is 12.5. The Hall–Kier alpha value is -4.45. The van der Waals surface area contributed by atoms with Crippen molar-refractivity contribution < 1.29 is 54.0 Å². The average molecular weight is 723 g/mol. The first-order valence-corrected chi connectivity index (χ1v) is 17.1. The molecule has 0 fully saturated rings. The van der Waals surface area contributed by atoms with Crippen molar-refractivity contribution in [2.45, 2.75) is 102 Å². The number of rotatable bonds is 25. The smallest absolute Gasteiger partial charge is 0.328 e. The molecule has 1 rings (SSSR count). The number of aliphatic carboxylic acids is 1. The molecule has 17 nitrogen and oxygen atoms in total. The molecule has 0 unspecified atom stereocenters. The van der Waals surface area contributed by atoms with E-state index >= 15 is 0 Å². The van der Waals surface area contributed by atoms with Crippen LogP contribution < -0.4 is 32.3 Å². The van der Waals surface area contributed by atoms with Gasteiger partial charge in [-0.25, -0.2) is 4.79 Å². The number of unbranched alkanes of at least 4 members (excludes halogenated alkanes) is 4. The minimum atomic E-state index is -1.67. The van der Waals surface area contributed by atoms with Crippen molar-refractivity contribution in [3.05, 3.63) is 35.4 Å². The molecular formula is C34H54N6O11. The summed E-state index contributed by atoms with van der Waals surface area (Å²) in [5, 5.41) is 49.8. The van der Waals surface area contributed by atoms with Gasteiger partial charge in [0.1, 0.15) is 30.2 Å². The third-order valence-corrected chi connectivity index (χ3v) is 7.85. The lowest BCUT2D eigenvalue weighted by Crippen LogP contribution is -2.60. The molecule has 0 saturated carbocycles. The molecule has 0 radical (unpaired) electrons. The van der Waals surface area contributed by atoms with Crippen molar-refractivity contribution in [2.24, 2.45) is 11.7 Å². The first-order valence-electron chi connectivity index (χ1n) is 17.1. The molecule has 17 heteroatoms. The number of benzene rings is 1. The van der Waals surface area contributed by atoms with E-state index in [1.807, 2.05) is 0 Å². The van der Waals surface area contributed by atoms with Crippen LogP contribution in [0.15, 0.2) is 24.3 Å². The third kappa shape index (κ3) is 16.0. The molecule has 0 aliphatic rings. The molecule has 0 bridgehead atoms. The summed E-state index contributed by atoms with van der Waals surface area (Å²) in [6.45, 7) is 2.37. The molecule has 51 heavy (non-hydrogen) atoms. The first-order chi connectivity index (χ1) is 24.2. The fraction of sp³-hybridized carbons (Fsp3) is 0.618. The Balaban J connectivity index is 3.43. The van der Waals surface area contributed by atoms with Crippen LogP contribution in [0, 0.1) is 5.92 Å². The molecule has 0 saturated heterocycles. The van der Waals surface area contributed by atoms with E-state index in [4.69, 9.17) is 5.73 Å². The van der Waals surface area contributed by atoms with Gasteiger partial charge in [-0.15, -0.1) is 0 Å². The number of hydrogen-bond donors (Lipinski definition) is 10. The van der Waals surface area contributed by atoms with E-state index in [9.17, 15) is 54.0 Å². The van der Waals surface area contributed by atoms with Crippen molar-refractivity contribution in [3.63, 3.8) is 0 Å². The van der Waals surface area contributed by atoms with E-state index < -0.39 is 92.1 Å². The van der Waals surface area contributed by atoms with Gasteiger partial charge >= 0.3 is 5.97 Å². The minimum absolute atomic E-state index is 0.0372. The summed E-state index contributed by atoms with van der Waals surface area (Å²) in [7, 11) is 0. The molecule has 5 atom stereocenters. The van der Waals surface area contributed by atoms with Gasteiger partial charge in [0, 0.05) is 18.4 Å². The topological polar surface area (TPSA) is 287 Å². The van der Waals surface area contributed by atoms with Crippen LogP contribution in [-0.4, -0.2) is 118 Å². The van der Waals surface area contributed by atoms with E-state index in [1.165, 1.54) is 0 Å². The Kier molecular flexibility index (Phi) is 20.9. The SMILES string of the molecule is CCCCCCCC(=O)c1ccccc1C[C@H](NC(=O)[C@H](CO)NC(=O)[C@H](CO)NC(=O)CN)C(=O)N[C@@H](CC(C)C)C(=O)N[C@@H](CO)C(=O)O. The third-order valence-electron chi connectivity index (χ3n) is 7.85. The summed E-state index contributed by atoms with van der Waals surface area (Å²) in [6, 6.07) is -1.14. The fourth-order valence-corrected chi connectivity index (χ4v) is 5.04. The van der Waals surface area contributed by atoms with Gasteiger partial charge in [-0.3, -0.25) is 28.8 Å². The molecule has 286 valence electrons. The molecule has 1 aromatic rings. The Labute approximate surface area is 297 Å². The summed E-state index contributed by atoms with van der Waals surface area (Å²) in [4.78, 5) is 89.5. The highest BCUT2D eigenvalue weighted by Crippen LogP contribution is 2.17. The molecule has 1 aromatic carbocycles. The average Bonchev–Trinajstić information content (AvgIpc) is 3.10. The molecule has 0 aliphatic heterocycles. The zero-order valence-electron chi connectivity index (χ0n) is 29.5. The number of aliphatic hydroxyl groups is 3. The zero-order valence-corrected chi connectivity index (χ0v) is 29.5. The predicted octanol–water partition coefficient (Wildman–Crippen LogP) is -1.74. The van der Waals surface area contributed by atoms with Crippen molar-refractivity contribution in [1.82, 2.24) is 26.6 Å². The number of carboxylic acids is 1. The van der Waals surface area contributed by atoms with Crippen LogP contribution in [0.4, 0.5) is 0 Å². The molecule has 0 aliphatic carbocycles. The van der Waals surface area contributed by atoms with Crippen LogP contribution in [-0.2, 0) is 35.2 Å². The number of carboxylic acid groups (broad SMARTS) is 1. The normalized spacial score (nSPS) is 14.0. The number of carbonyl (C=O) groups is 7. The van der Waals surface area contributed by atoms with E-state index in [1.54, 1.807) is 38.1 Å². The van der Waals surface area contributed by atoms with Gasteiger partial charge in [-0.2, -0.15) is 0 Å². The number of Topliss-reactive ketones (excluding diaryl/α,β-unsaturated/α-hetero) is 1. The Morgan fingerprint density at radius 1 is 0.667 bits per heavy atom. The second-order valence-corrected chi connectivity index (χ2v) is 12.5. The van der Waals surface area contributed by atoms with E-state index in [0.717, 1.165) is 25.7 Å². The Morgan fingerprint density at radius 2 is 1.16 bits per heavy atom. The van der Waals surface area contributed by atoms with Crippen LogP contribution in [0.3, 0.4) is 0 Å². The van der Waals surface area contributed by atoms with Crippen molar-refractivity contribution >= 4 is 41.3 Å². The largest absolute Gasteiger partial charge is 0.480 e. The summed E-state index contributed by atoms with van der Waals surface area (Å²) in [6.07, 6.45) is 4.62. The van der Waals surface area contributed by atoms with Crippen LogP contribution in [0.5, 0.6) is 0 Å². The number of aliphatic hydroxyl groups excluding tert-OH is 3. The molecule has 0 spiro atoms. The van der Waals surface area contributed by atoms with Crippen LogP contribution in [0.25, 0.3) is 0 Å². The Morgan fingerprint density at radius 3 is 1.71 bits per heavy atom. The number of carbonyl (C=O) groups excluding carboxylic acids is 6. The van der Waals surface area contributed by atoms with E-state index in [0.29, 0.717) is 17.5 Å². The lowest BCUT2D eigenvalue weighted by Gasteiger charge is -2.27. The summed E-state index contributed by atoms with van der Waals surface area (Å²) >= 11 is 0. The number of nitrogens with one attached hydrogen (secondary N) is 5. The van der Waals surface area contributed by atoms with Crippen molar-refractivity contribution in [1.29, 1.82) is 0 Å². The minimum Gasteiger partial charge on any atom is -0.480 e. The maximum atomic E-state index is 13.9. The number of amides is 5. The van der Waals surface area contributed by atoms with E-state index in [2.05, 4.69) is 33.5 Å². The highest BCUT2D eigenvalue weighted by Gasteiger charge is 2.33. The maximum Gasteiger partial charge on any atom is 0.328 e. The second kappa shape index (κ2) is 23.9. The van der Waals surface area contributed by atoms with Crippen LogP contribution in [0.2, 0.25) is 0 Å². The predicted molar refractivity (Wildman–Crippen MR) is 185 cm³/mol. The molecule has 0 heterocycles. The number of nitrogens with two attached hydrogens (primary N) is 1. The quantitative estimate of drug-likeness (QED) is 0.0398.